The fraction of sp³-hybridized carbons (Fsp3) is 0.389. The quantitative estimate of drug-likeness (QED) is 0.0304. The predicted octanol–water partition coefficient (Wildman–Crippen LogP) is 1.41. The van der Waals surface area contributed by atoms with E-state index >= 15 is 0 Å². The fourth-order valence-electron chi connectivity index (χ4n) is 12.4. The van der Waals surface area contributed by atoms with Crippen LogP contribution in [0.25, 0.3) is 0 Å². The zero-order valence-electron chi connectivity index (χ0n) is 56.4. The van der Waals surface area contributed by atoms with E-state index < -0.39 is 0 Å². The molecule has 4 saturated heterocycles. The Morgan fingerprint density at radius 3 is 1.26 bits per heavy atom. The summed E-state index contributed by atoms with van der Waals surface area (Å²) < 4.78 is 15.9. The number of nitrogens with one attached hydrogen (secondary N) is 2. The summed E-state index contributed by atoms with van der Waals surface area (Å²) in [5.41, 5.74) is 7.92. The van der Waals surface area contributed by atoms with Crippen LogP contribution in [-0.4, -0.2) is 203 Å². The number of amides is 4. The molecule has 0 spiro atoms. The Labute approximate surface area is 635 Å². The van der Waals surface area contributed by atoms with Gasteiger partial charge in [0, 0.05) is 141 Å². The molecule has 4 heterocycles. The van der Waals surface area contributed by atoms with Gasteiger partial charge in [-0.25, -0.2) is 9.59 Å². The number of esters is 1. The number of carbonyl (C=O) groups excluding carboxylic acids is 4. The number of aliphatic hydroxyl groups is 2. The summed E-state index contributed by atoms with van der Waals surface area (Å²) >= 11 is 0. The van der Waals surface area contributed by atoms with Crippen LogP contribution in [0.2, 0.25) is 0 Å². The van der Waals surface area contributed by atoms with Gasteiger partial charge in [-0.2, -0.15) is 0 Å². The zero-order chi connectivity index (χ0) is 65.2. The molecule has 0 aliphatic carbocycles. The maximum absolute atomic E-state index is 13.7. The molecule has 0 saturated carbocycles. The Hall–Kier alpha value is -5.49. The number of hydrogen-bond acceptors (Lipinski definition) is 15. The number of ether oxygens (including phenoxy) is 3. The SMILES string of the molecule is CO.COc1ccc(NC(=O)N2CC(CO)CCN3[C@H](CN(C)C)[C@H](c4ccc(C#Cc5ccccc5)cc4)[C@@H]3C2)cc1.COc1ccc(NC(=O)N2CC(COC(C)=O)CCN3[C@H](CN(C)C)[C@H](c4ccc(C#Cc5ccccc5)cc4)[C@@H]3C2)cc1.O=CO[O-].[H-].[K+].[K+]. The maximum atomic E-state index is 13.7. The molecule has 10 rings (SSSR count). The summed E-state index contributed by atoms with van der Waals surface area (Å²) in [7, 11) is 12.7. The van der Waals surface area contributed by atoms with E-state index in [2.05, 4.69) is 136 Å². The molecule has 2 unspecified atom stereocenters. The first-order chi connectivity index (χ1) is 44.2. The number of nitrogens with zero attached hydrogens (tertiary/aromatic N) is 6. The van der Waals surface area contributed by atoms with Gasteiger partial charge >= 0.3 is 121 Å². The normalized spacial score (nSPS) is 20.4. The topological polar surface area (TPSA) is 212 Å². The van der Waals surface area contributed by atoms with Crippen LogP contribution in [0.4, 0.5) is 21.0 Å². The van der Waals surface area contributed by atoms with Crippen molar-refractivity contribution in [3.05, 3.63) is 191 Å². The van der Waals surface area contributed by atoms with Gasteiger partial charge in [-0.1, -0.05) is 84.3 Å². The van der Waals surface area contributed by atoms with Crippen LogP contribution in [0.3, 0.4) is 0 Å². The monoisotopic (exact) mass is 1320 g/mol. The predicted molar refractivity (Wildman–Crippen MR) is 352 cm³/mol. The first kappa shape index (κ1) is 78.2. The maximum Gasteiger partial charge on any atom is 1.00 e. The Kier molecular flexibility index (Phi) is 34.3. The van der Waals surface area contributed by atoms with Crippen molar-refractivity contribution >= 4 is 35.9 Å². The summed E-state index contributed by atoms with van der Waals surface area (Å²) in [6.45, 7) is 7.47. The summed E-state index contributed by atoms with van der Waals surface area (Å²) in [4.78, 5) is 63.5. The molecule has 8 atom stereocenters. The summed E-state index contributed by atoms with van der Waals surface area (Å²) in [5.74, 6) is 14.9. The Morgan fingerprint density at radius 2 is 0.925 bits per heavy atom. The molecule has 93 heavy (non-hydrogen) atoms. The summed E-state index contributed by atoms with van der Waals surface area (Å²) in [5, 5.41) is 31.7. The second kappa shape index (κ2) is 40.8. The standard InChI is InChI=1S/C36H42N4O4.C34H40N4O3.CH2O3.CH4O.2K.H/c1-26(41)44-25-29-20-21-40-33(23-38(2)3)35(30-14-12-28(13-15-30)11-10-27-8-6-5-7-9-27)34(40)24-39(22-29)36(42)37-31-16-18-32(43-4)19-17-31;1-36(2)22-31-33(28-13-11-26(12-14-28)10-9-25-7-5-4-6-8-25)32-23-37(21-27(24-39)19-20-38(31)32)34(40)35-29-15-17-30(41-3)18-16-29;2-1-4-3;1-2;;;/h5-9,12-19,29,33-35H,20-25H2,1-4H3,(H,37,42);4-8,11-18,27,31-33,39H,19-24H2,1-3H3,(H,35,40);1,3H;2H,1H3;;;/q;;;;2*+1;-1/p-1/t29?,33-,34+,35+;27?,31-,32+,33+;;;;;/m11...../s1. The second-order valence-electron chi connectivity index (χ2n) is 23.4. The van der Waals surface area contributed by atoms with E-state index in [0.29, 0.717) is 50.6 Å². The van der Waals surface area contributed by atoms with E-state index in [1.165, 1.54) is 18.1 Å². The van der Waals surface area contributed by atoms with E-state index in [1.54, 1.807) is 14.2 Å². The molecule has 0 aromatic heterocycles. The first-order valence-electron chi connectivity index (χ1n) is 30.6. The third-order valence-electron chi connectivity index (χ3n) is 16.7. The van der Waals surface area contributed by atoms with Gasteiger partial charge in [-0.05, 0) is 162 Å². The van der Waals surface area contributed by atoms with Crippen LogP contribution < -0.4 is 128 Å². The number of anilines is 2. The minimum absolute atomic E-state index is 0. The Balaban J connectivity index is 0.000000360. The number of aliphatic hydroxyl groups excluding tert-OH is 2. The Morgan fingerprint density at radius 1 is 0.570 bits per heavy atom. The number of likely N-dealkylation sites (N-methyl/N-ethyl adjacent to an activating group) is 2. The van der Waals surface area contributed by atoms with Crippen molar-refractivity contribution in [3.63, 3.8) is 0 Å². The number of hydrogen-bond donors (Lipinski definition) is 4. The van der Waals surface area contributed by atoms with Crippen molar-refractivity contribution in [2.24, 2.45) is 11.8 Å². The molecule has 4 amide bonds. The number of methoxy groups -OCH3 is 2. The molecule has 4 aliphatic rings. The van der Waals surface area contributed by atoms with E-state index in [9.17, 15) is 19.5 Å². The van der Waals surface area contributed by atoms with Gasteiger partial charge in [0.25, 0.3) is 6.47 Å². The van der Waals surface area contributed by atoms with Crippen molar-refractivity contribution < 1.29 is 158 Å². The average Bonchev–Trinajstić information content (AvgIpc) is 0.749. The fourth-order valence-corrected chi connectivity index (χ4v) is 12.4. The minimum atomic E-state index is -0.300. The molecule has 484 valence electrons. The summed E-state index contributed by atoms with van der Waals surface area (Å²) in [6, 6.07) is 52.7. The molecule has 0 radical (unpaired) electrons. The van der Waals surface area contributed by atoms with Gasteiger partial charge in [0.05, 0.1) is 20.8 Å². The molecule has 4 N–H and O–H groups in total. The van der Waals surface area contributed by atoms with Gasteiger partial charge in [0.1, 0.15) is 11.5 Å². The van der Waals surface area contributed by atoms with Crippen LogP contribution in [0.15, 0.2) is 158 Å². The van der Waals surface area contributed by atoms with E-state index in [4.69, 9.17) is 29.4 Å². The van der Waals surface area contributed by atoms with E-state index in [0.717, 1.165) is 85.6 Å². The van der Waals surface area contributed by atoms with Crippen LogP contribution in [0.1, 0.15) is 66.4 Å². The largest absolute Gasteiger partial charge is 1.00 e. The smallest absolute Gasteiger partial charge is 1.00 e. The molecule has 4 aliphatic heterocycles. The molecular formula is C72H88K2N8O11. The molecular weight excluding hydrogens is 1230 g/mol. The third-order valence-corrected chi connectivity index (χ3v) is 16.7. The number of urea groups is 2. The number of fused-ring (bicyclic) bond motifs is 2. The third kappa shape index (κ3) is 23.4. The molecule has 4 fully saturated rings. The van der Waals surface area contributed by atoms with E-state index in [1.807, 2.05) is 119 Å². The van der Waals surface area contributed by atoms with Gasteiger partial charge in [0.15, 0.2) is 0 Å². The zero-order valence-corrected chi connectivity index (χ0v) is 61.7. The van der Waals surface area contributed by atoms with Gasteiger partial charge in [-0.3, -0.25) is 19.4 Å². The van der Waals surface area contributed by atoms with E-state index in [-0.39, 0.29) is 171 Å². The van der Waals surface area contributed by atoms with Crippen LogP contribution in [-0.2, 0) is 19.2 Å². The first-order valence-corrected chi connectivity index (χ1v) is 30.6. The van der Waals surface area contributed by atoms with Crippen molar-refractivity contribution in [2.75, 3.05) is 126 Å². The van der Waals surface area contributed by atoms with Crippen LogP contribution >= 0.6 is 0 Å². The molecule has 6 aromatic rings. The number of rotatable bonds is 14. The molecule has 0 bridgehead atoms. The van der Waals surface area contributed by atoms with Gasteiger partial charge < -0.3 is 66.2 Å². The molecule has 6 aromatic carbocycles. The van der Waals surface area contributed by atoms with Gasteiger partial charge in [-0.15, -0.1) is 0 Å². The minimum Gasteiger partial charge on any atom is -1.00 e. The number of benzene rings is 6. The van der Waals surface area contributed by atoms with Gasteiger partial charge in [0.2, 0.25) is 0 Å². The summed E-state index contributed by atoms with van der Waals surface area (Å²) in [6.07, 6.45) is 1.69. The Bertz CT molecular complexity index is 3360. The molecule has 19 nitrogen and oxygen atoms in total. The number of carbonyl (C=O) groups is 4. The molecule has 21 heteroatoms. The van der Waals surface area contributed by atoms with Crippen LogP contribution in [0.5, 0.6) is 11.5 Å². The van der Waals surface area contributed by atoms with Crippen molar-refractivity contribution in [3.8, 4) is 35.2 Å². The van der Waals surface area contributed by atoms with Crippen LogP contribution in [0, 0.1) is 35.5 Å². The second-order valence-corrected chi connectivity index (χ2v) is 23.4. The average molecular weight is 1320 g/mol. The van der Waals surface area contributed by atoms with Crippen molar-refractivity contribution in [1.82, 2.24) is 29.4 Å². The van der Waals surface area contributed by atoms with Crippen molar-refractivity contribution in [1.29, 1.82) is 0 Å². The van der Waals surface area contributed by atoms with Crippen molar-refractivity contribution in [2.45, 2.75) is 55.8 Å².